The van der Waals surface area contributed by atoms with Gasteiger partial charge in [0.15, 0.2) is 0 Å². The van der Waals surface area contributed by atoms with Crippen molar-refractivity contribution in [3.63, 3.8) is 0 Å². The summed E-state index contributed by atoms with van der Waals surface area (Å²) in [7, 11) is 0. The molecule has 1 aliphatic heterocycles. The van der Waals surface area contributed by atoms with E-state index in [0.717, 1.165) is 32.5 Å². The molecule has 2 aromatic rings. The number of aliphatic hydroxyl groups excluding tert-OH is 1. The molecule has 2 nitrogen and oxygen atoms in total. The van der Waals surface area contributed by atoms with E-state index in [4.69, 9.17) is 0 Å². The Morgan fingerprint density at radius 1 is 0.952 bits per heavy atom. The molecule has 2 atom stereocenters. The molecule has 3 rings (SSSR count). The van der Waals surface area contributed by atoms with Gasteiger partial charge in [0, 0.05) is 19.0 Å². The van der Waals surface area contributed by atoms with E-state index in [-0.39, 0.29) is 12.0 Å². The van der Waals surface area contributed by atoms with Crippen molar-refractivity contribution < 1.29 is 5.11 Å². The van der Waals surface area contributed by atoms with Crippen LogP contribution in [0, 0.1) is 0 Å². The van der Waals surface area contributed by atoms with Crippen LogP contribution in [0.4, 0.5) is 0 Å². The normalized spacial score (nSPS) is 23.7. The fourth-order valence-corrected chi connectivity index (χ4v) is 3.28. The minimum absolute atomic E-state index is 0.270. The van der Waals surface area contributed by atoms with Crippen LogP contribution in [-0.2, 0) is 6.54 Å². The molecular formula is C19H23NO. The van der Waals surface area contributed by atoms with Crippen LogP contribution in [0.5, 0.6) is 0 Å². The predicted molar refractivity (Wildman–Crippen MR) is 86.1 cm³/mol. The van der Waals surface area contributed by atoms with Gasteiger partial charge in [-0.05, 0) is 30.5 Å². The quantitative estimate of drug-likeness (QED) is 0.931. The van der Waals surface area contributed by atoms with E-state index >= 15 is 0 Å². The van der Waals surface area contributed by atoms with E-state index < -0.39 is 0 Å². The molecular weight excluding hydrogens is 258 g/mol. The maximum atomic E-state index is 10.6. The first-order chi connectivity index (χ1) is 10.3. The van der Waals surface area contributed by atoms with E-state index in [1.165, 1.54) is 11.1 Å². The van der Waals surface area contributed by atoms with Gasteiger partial charge in [-0.25, -0.2) is 0 Å². The number of hydrogen-bond donors (Lipinski definition) is 1. The number of aliphatic hydroxyl groups is 1. The van der Waals surface area contributed by atoms with Crippen LogP contribution >= 0.6 is 0 Å². The molecule has 0 radical (unpaired) electrons. The first kappa shape index (κ1) is 14.3. The van der Waals surface area contributed by atoms with Crippen LogP contribution in [0.3, 0.4) is 0 Å². The zero-order valence-electron chi connectivity index (χ0n) is 12.4. The SMILES string of the molecule is O[C@H]1CN(Cc2ccccc2)CCC[C@H]1c1ccccc1. The summed E-state index contributed by atoms with van der Waals surface area (Å²) in [4.78, 5) is 2.38. The summed E-state index contributed by atoms with van der Waals surface area (Å²) in [6.07, 6.45) is 1.93. The van der Waals surface area contributed by atoms with Gasteiger partial charge in [-0.3, -0.25) is 4.90 Å². The highest BCUT2D eigenvalue weighted by Gasteiger charge is 2.26. The number of likely N-dealkylation sites (tertiary alicyclic amines) is 1. The molecule has 0 saturated carbocycles. The van der Waals surface area contributed by atoms with E-state index in [9.17, 15) is 5.11 Å². The molecule has 1 N–H and O–H groups in total. The van der Waals surface area contributed by atoms with Gasteiger partial charge in [-0.2, -0.15) is 0 Å². The molecule has 1 saturated heterocycles. The van der Waals surface area contributed by atoms with Gasteiger partial charge >= 0.3 is 0 Å². The van der Waals surface area contributed by atoms with Crippen LogP contribution in [-0.4, -0.2) is 29.2 Å². The number of hydrogen-bond acceptors (Lipinski definition) is 2. The van der Waals surface area contributed by atoms with Crippen LogP contribution < -0.4 is 0 Å². The Labute approximate surface area is 127 Å². The average Bonchev–Trinajstić information content (AvgIpc) is 2.70. The Hall–Kier alpha value is -1.64. The minimum atomic E-state index is -0.279. The Bertz CT molecular complexity index is 540. The van der Waals surface area contributed by atoms with Crippen molar-refractivity contribution >= 4 is 0 Å². The van der Waals surface area contributed by atoms with E-state index in [2.05, 4.69) is 53.4 Å². The second-order valence-corrected chi connectivity index (χ2v) is 5.95. The van der Waals surface area contributed by atoms with Crippen molar-refractivity contribution in [3.8, 4) is 0 Å². The van der Waals surface area contributed by atoms with Gasteiger partial charge in [0.05, 0.1) is 6.10 Å². The summed E-state index contributed by atoms with van der Waals surface area (Å²) < 4.78 is 0. The lowest BCUT2D eigenvalue weighted by Crippen LogP contribution is -2.32. The van der Waals surface area contributed by atoms with Gasteiger partial charge in [0.2, 0.25) is 0 Å². The Balaban J connectivity index is 1.67. The largest absolute Gasteiger partial charge is 0.391 e. The zero-order valence-corrected chi connectivity index (χ0v) is 12.4. The summed E-state index contributed by atoms with van der Waals surface area (Å²) >= 11 is 0. The Morgan fingerprint density at radius 2 is 1.62 bits per heavy atom. The maximum absolute atomic E-state index is 10.6. The number of β-amino-alcohol motifs (C(OH)–C–C–N with tert-alkyl or cyclic N) is 1. The fourth-order valence-electron chi connectivity index (χ4n) is 3.28. The molecule has 1 aliphatic rings. The second-order valence-electron chi connectivity index (χ2n) is 5.95. The van der Waals surface area contributed by atoms with E-state index in [1.807, 2.05) is 12.1 Å². The smallest absolute Gasteiger partial charge is 0.0735 e. The predicted octanol–water partition coefficient (Wildman–Crippen LogP) is 3.43. The maximum Gasteiger partial charge on any atom is 0.0735 e. The molecule has 0 spiro atoms. The minimum Gasteiger partial charge on any atom is -0.391 e. The highest BCUT2D eigenvalue weighted by molar-refractivity contribution is 5.21. The monoisotopic (exact) mass is 281 g/mol. The molecule has 0 unspecified atom stereocenters. The van der Waals surface area contributed by atoms with Crippen molar-refractivity contribution in [2.45, 2.75) is 31.4 Å². The molecule has 0 bridgehead atoms. The number of benzene rings is 2. The molecule has 0 aliphatic carbocycles. The summed E-state index contributed by atoms with van der Waals surface area (Å²) in [5.74, 6) is 0.270. The lowest BCUT2D eigenvalue weighted by Gasteiger charge is -2.25. The summed E-state index contributed by atoms with van der Waals surface area (Å²) in [5.41, 5.74) is 2.59. The molecule has 110 valence electrons. The lowest BCUT2D eigenvalue weighted by atomic mass is 9.90. The van der Waals surface area contributed by atoms with Crippen molar-refractivity contribution in [2.75, 3.05) is 13.1 Å². The molecule has 2 heteroatoms. The van der Waals surface area contributed by atoms with Gasteiger partial charge < -0.3 is 5.11 Å². The summed E-state index contributed by atoms with van der Waals surface area (Å²) in [6, 6.07) is 21.0. The average molecular weight is 281 g/mol. The highest BCUT2D eigenvalue weighted by Crippen LogP contribution is 2.28. The van der Waals surface area contributed by atoms with Crippen LogP contribution in [0.2, 0.25) is 0 Å². The molecule has 1 heterocycles. The lowest BCUT2D eigenvalue weighted by molar-refractivity contribution is 0.102. The van der Waals surface area contributed by atoms with Gasteiger partial charge in [-0.1, -0.05) is 60.7 Å². The van der Waals surface area contributed by atoms with Crippen molar-refractivity contribution in [1.29, 1.82) is 0 Å². The van der Waals surface area contributed by atoms with Crippen LogP contribution in [0.25, 0.3) is 0 Å². The Morgan fingerprint density at radius 3 is 2.33 bits per heavy atom. The molecule has 0 amide bonds. The highest BCUT2D eigenvalue weighted by atomic mass is 16.3. The van der Waals surface area contributed by atoms with Crippen LogP contribution in [0.1, 0.15) is 29.9 Å². The van der Waals surface area contributed by atoms with Gasteiger partial charge in [0.25, 0.3) is 0 Å². The standard InChI is InChI=1S/C19H23NO/c21-19-15-20(14-16-8-3-1-4-9-16)13-7-12-18(19)17-10-5-2-6-11-17/h1-6,8-11,18-19,21H,7,12-15H2/t18-,19-/m0/s1. The third-order valence-electron chi connectivity index (χ3n) is 4.38. The number of nitrogens with zero attached hydrogens (tertiary/aromatic N) is 1. The zero-order chi connectivity index (χ0) is 14.5. The number of rotatable bonds is 3. The fraction of sp³-hybridized carbons (Fsp3) is 0.368. The topological polar surface area (TPSA) is 23.5 Å². The van der Waals surface area contributed by atoms with Gasteiger partial charge in [0.1, 0.15) is 0 Å². The van der Waals surface area contributed by atoms with E-state index in [0.29, 0.717) is 0 Å². The third-order valence-corrected chi connectivity index (χ3v) is 4.38. The Kier molecular flexibility index (Phi) is 4.69. The van der Waals surface area contributed by atoms with Crippen molar-refractivity contribution in [3.05, 3.63) is 71.8 Å². The first-order valence-corrected chi connectivity index (χ1v) is 7.82. The third kappa shape index (κ3) is 3.72. The van der Waals surface area contributed by atoms with Crippen LogP contribution in [0.15, 0.2) is 60.7 Å². The summed E-state index contributed by atoms with van der Waals surface area (Å²) in [5, 5.41) is 10.6. The van der Waals surface area contributed by atoms with E-state index in [1.54, 1.807) is 0 Å². The van der Waals surface area contributed by atoms with Crippen molar-refractivity contribution in [1.82, 2.24) is 4.90 Å². The second kappa shape index (κ2) is 6.88. The molecule has 0 aromatic heterocycles. The molecule has 21 heavy (non-hydrogen) atoms. The molecule has 1 fully saturated rings. The van der Waals surface area contributed by atoms with Gasteiger partial charge in [-0.15, -0.1) is 0 Å². The first-order valence-electron chi connectivity index (χ1n) is 7.82. The summed E-state index contributed by atoms with van der Waals surface area (Å²) in [6.45, 7) is 2.75. The van der Waals surface area contributed by atoms with Crippen molar-refractivity contribution in [2.24, 2.45) is 0 Å². The molecule has 2 aromatic carbocycles.